The maximum absolute atomic E-state index is 9.18. The van der Waals surface area contributed by atoms with E-state index in [0.717, 1.165) is 41.6 Å². The summed E-state index contributed by atoms with van der Waals surface area (Å²) in [6, 6.07) is 2.19. The summed E-state index contributed by atoms with van der Waals surface area (Å²) in [4.78, 5) is 6.66. The number of rotatable bonds is 1. The molecule has 92 valence electrons. The molecule has 6 heteroatoms. The molecule has 2 aromatic rings. The topological polar surface area (TPSA) is 57.7 Å². The first-order valence-electron chi connectivity index (χ1n) is 5.81. The lowest BCUT2D eigenvalue weighted by atomic mass is 10.1. The molecular weight excluding hydrogens is 246 g/mol. The molecule has 0 N–H and O–H groups in total. The lowest BCUT2D eigenvalue weighted by Crippen LogP contribution is -2.27. The summed E-state index contributed by atoms with van der Waals surface area (Å²) in [6.07, 6.45) is 0.916. The number of nitriles is 1. The van der Waals surface area contributed by atoms with Crippen LogP contribution in [0.1, 0.15) is 22.6 Å². The smallest absolute Gasteiger partial charge is 0.210 e. The van der Waals surface area contributed by atoms with Gasteiger partial charge in [0.15, 0.2) is 5.69 Å². The minimum Gasteiger partial charge on any atom is -0.302 e. The first kappa shape index (κ1) is 11.4. The highest BCUT2D eigenvalue weighted by Crippen LogP contribution is 2.25. The van der Waals surface area contributed by atoms with Crippen LogP contribution in [0, 0.1) is 18.3 Å². The molecular formula is C12H13N5S. The fraction of sp³-hybridized carbons (Fsp3) is 0.417. The van der Waals surface area contributed by atoms with E-state index in [-0.39, 0.29) is 0 Å². The second-order valence-corrected chi connectivity index (χ2v) is 5.39. The first-order chi connectivity index (χ1) is 8.69. The molecule has 0 radical (unpaired) electrons. The van der Waals surface area contributed by atoms with E-state index in [9.17, 15) is 5.26 Å². The predicted octanol–water partition coefficient (Wildman–Crippen LogP) is 1.50. The van der Waals surface area contributed by atoms with Crippen molar-refractivity contribution < 1.29 is 0 Å². The fourth-order valence-electron chi connectivity index (χ4n) is 2.24. The van der Waals surface area contributed by atoms with Crippen LogP contribution in [-0.2, 0) is 13.0 Å². The summed E-state index contributed by atoms with van der Waals surface area (Å²) in [5, 5.41) is 16.4. The number of likely N-dealkylation sites (N-methyl/N-ethyl adjacent to an activating group) is 1. The number of thiazole rings is 1. The number of nitrogens with zero attached hydrogens (tertiary/aromatic N) is 5. The molecule has 5 nitrogen and oxygen atoms in total. The monoisotopic (exact) mass is 259 g/mol. The van der Waals surface area contributed by atoms with Gasteiger partial charge in [-0.25, -0.2) is 9.67 Å². The molecule has 1 aliphatic rings. The zero-order valence-electron chi connectivity index (χ0n) is 10.3. The van der Waals surface area contributed by atoms with Crippen molar-refractivity contribution in [3.05, 3.63) is 28.0 Å². The quantitative estimate of drug-likeness (QED) is 0.778. The van der Waals surface area contributed by atoms with Crippen molar-refractivity contribution in [1.29, 1.82) is 5.26 Å². The first-order valence-corrected chi connectivity index (χ1v) is 6.69. The average molecular weight is 259 g/mol. The molecule has 2 aromatic heterocycles. The Labute approximate surface area is 109 Å². The molecule has 0 bridgehead atoms. The van der Waals surface area contributed by atoms with E-state index < -0.39 is 0 Å². The Kier molecular flexibility index (Phi) is 2.65. The molecule has 1 aliphatic heterocycles. The highest BCUT2D eigenvalue weighted by atomic mass is 32.1. The number of aryl methyl sites for hydroxylation is 1. The van der Waals surface area contributed by atoms with E-state index in [0.29, 0.717) is 5.69 Å². The van der Waals surface area contributed by atoms with E-state index in [1.807, 2.05) is 17.0 Å². The Balaban J connectivity index is 2.15. The number of aromatic nitrogens is 3. The van der Waals surface area contributed by atoms with Gasteiger partial charge < -0.3 is 4.90 Å². The standard InChI is InChI=1S/C12H13N5S/c1-8-7-18-12(14-8)17-11-3-4-16(2)6-9(11)10(5-13)15-17/h7H,3-4,6H2,1-2H3. The van der Waals surface area contributed by atoms with Crippen LogP contribution in [0.4, 0.5) is 0 Å². The fourth-order valence-corrected chi connectivity index (χ4v) is 3.02. The lowest BCUT2D eigenvalue weighted by molar-refractivity contribution is 0.310. The van der Waals surface area contributed by atoms with Gasteiger partial charge in [-0.1, -0.05) is 0 Å². The second kappa shape index (κ2) is 4.19. The molecule has 0 atom stereocenters. The van der Waals surface area contributed by atoms with Crippen LogP contribution in [0.2, 0.25) is 0 Å². The van der Waals surface area contributed by atoms with E-state index in [2.05, 4.69) is 28.1 Å². The van der Waals surface area contributed by atoms with Crippen LogP contribution in [0.3, 0.4) is 0 Å². The predicted molar refractivity (Wildman–Crippen MR) is 68.7 cm³/mol. The molecule has 18 heavy (non-hydrogen) atoms. The van der Waals surface area contributed by atoms with Gasteiger partial charge in [-0.2, -0.15) is 10.4 Å². The zero-order chi connectivity index (χ0) is 12.7. The Bertz CT molecular complexity index is 633. The number of hydrogen-bond acceptors (Lipinski definition) is 5. The maximum Gasteiger partial charge on any atom is 0.210 e. The highest BCUT2D eigenvalue weighted by molar-refractivity contribution is 7.12. The third kappa shape index (κ3) is 1.72. The van der Waals surface area contributed by atoms with Crippen molar-refractivity contribution in [2.24, 2.45) is 0 Å². The van der Waals surface area contributed by atoms with E-state index in [1.165, 1.54) is 0 Å². The van der Waals surface area contributed by atoms with Gasteiger partial charge in [0.2, 0.25) is 5.13 Å². The van der Waals surface area contributed by atoms with Gasteiger partial charge in [0.25, 0.3) is 0 Å². The van der Waals surface area contributed by atoms with E-state index in [4.69, 9.17) is 0 Å². The normalized spacial score (nSPS) is 15.4. The Morgan fingerprint density at radius 3 is 3.00 bits per heavy atom. The summed E-state index contributed by atoms with van der Waals surface area (Å²) in [6.45, 7) is 3.76. The van der Waals surface area contributed by atoms with Crippen molar-refractivity contribution >= 4 is 11.3 Å². The minimum absolute atomic E-state index is 0.532. The summed E-state index contributed by atoms with van der Waals surface area (Å²) >= 11 is 1.57. The van der Waals surface area contributed by atoms with Crippen LogP contribution < -0.4 is 0 Å². The summed E-state index contributed by atoms with van der Waals surface area (Å²) in [5.41, 5.74) is 3.72. The van der Waals surface area contributed by atoms with Crippen LogP contribution in [-0.4, -0.2) is 33.3 Å². The molecule has 0 saturated carbocycles. The van der Waals surface area contributed by atoms with Gasteiger partial charge in [0.05, 0.1) is 11.4 Å². The van der Waals surface area contributed by atoms with Gasteiger partial charge in [-0.05, 0) is 14.0 Å². The summed E-state index contributed by atoms with van der Waals surface area (Å²) in [5.74, 6) is 0. The van der Waals surface area contributed by atoms with Crippen LogP contribution >= 0.6 is 11.3 Å². The van der Waals surface area contributed by atoms with Gasteiger partial charge in [-0.3, -0.25) is 0 Å². The Morgan fingerprint density at radius 2 is 2.33 bits per heavy atom. The molecule has 3 heterocycles. The molecule has 0 aromatic carbocycles. The average Bonchev–Trinajstić information content (AvgIpc) is 2.92. The van der Waals surface area contributed by atoms with Gasteiger partial charge >= 0.3 is 0 Å². The SMILES string of the molecule is Cc1csc(-n2nc(C#N)c3c2CCN(C)C3)n1. The van der Waals surface area contributed by atoms with Crippen molar-refractivity contribution in [3.63, 3.8) is 0 Å². The summed E-state index contributed by atoms with van der Waals surface area (Å²) in [7, 11) is 2.06. The zero-order valence-corrected chi connectivity index (χ0v) is 11.2. The van der Waals surface area contributed by atoms with Gasteiger partial charge in [0, 0.05) is 30.5 Å². The maximum atomic E-state index is 9.18. The summed E-state index contributed by atoms with van der Waals surface area (Å²) < 4.78 is 1.85. The molecule has 0 saturated heterocycles. The lowest BCUT2D eigenvalue weighted by Gasteiger charge is -2.22. The molecule has 0 spiro atoms. The number of fused-ring (bicyclic) bond motifs is 1. The largest absolute Gasteiger partial charge is 0.302 e. The third-order valence-electron chi connectivity index (χ3n) is 3.14. The molecule has 0 fully saturated rings. The van der Waals surface area contributed by atoms with Gasteiger partial charge in [-0.15, -0.1) is 11.3 Å². The van der Waals surface area contributed by atoms with Crippen LogP contribution in [0.15, 0.2) is 5.38 Å². The second-order valence-electron chi connectivity index (χ2n) is 4.56. The minimum atomic E-state index is 0.532. The number of hydrogen-bond donors (Lipinski definition) is 0. The van der Waals surface area contributed by atoms with Crippen LogP contribution in [0.25, 0.3) is 5.13 Å². The third-order valence-corrected chi connectivity index (χ3v) is 4.08. The van der Waals surface area contributed by atoms with Crippen molar-refractivity contribution in [2.75, 3.05) is 13.6 Å². The van der Waals surface area contributed by atoms with Crippen molar-refractivity contribution in [2.45, 2.75) is 19.9 Å². The van der Waals surface area contributed by atoms with Crippen molar-refractivity contribution in [3.8, 4) is 11.2 Å². The van der Waals surface area contributed by atoms with Crippen LogP contribution in [0.5, 0.6) is 0 Å². The van der Waals surface area contributed by atoms with E-state index >= 15 is 0 Å². The molecule has 0 unspecified atom stereocenters. The molecule has 3 rings (SSSR count). The van der Waals surface area contributed by atoms with Crippen molar-refractivity contribution in [1.82, 2.24) is 19.7 Å². The molecule has 0 aliphatic carbocycles. The highest BCUT2D eigenvalue weighted by Gasteiger charge is 2.24. The van der Waals surface area contributed by atoms with Gasteiger partial charge in [0.1, 0.15) is 6.07 Å². The Morgan fingerprint density at radius 1 is 1.50 bits per heavy atom. The molecule has 0 amide bonds. The van der Waals surface area contributed by atoms with E-state index in [1.54, 1.807) is 11.3 Å². The Hall–Kier alpha value is -1.71.